The third kappa shape index (κ3) is 5.67. The highest BCUT2D eigenvalue weighted by Gasteiger charge is 2.13. The van der Waals surface area contributed by atoms with Gasteiger partial charge in [0.05, 0.1) is 0 Å². The Morgan fingerprint density at radius 1 is 1.07 bits per heavy atom. The van der Waals surface area contributed by atoms with E-state index in [0.29, 0.717) is 11.6 Å². The molecule has 0 unspecified atom stereocenters. The molecule has 2 N–H and O–H groups in total. The van der Waals surface area contributed by atoms with E-state index in [2.05, 4.69) is 52.3 Å². The molecule has 0 aliphatic carbocycles. The van der Waals surface area contributed by atoms with E-state index in [1.807, 2.05) is 26.0 Å². The summed E-state index contributed by atoms with van der Waals surface area (Å²) in [6.07, 6.45) is 2.13. The number of unbranched alkanes of at least 4 members (excludes halogenated alkanes) is 1. The standard InChI is InChI=1S/C21H31N5O/c1-6-9-12-22-21-23-16(5)14-19(25-21)20(27)24-18-11-10-17(13-15(18)4)26(7-2)8-3/h10-11,13-14H,6-9,12H2,1-5H3,(H,24,27)(H,22,23,25). The first kappa shape index (κ1) is 20.7. The summed E-state index contributed by atoms with van der Waals surface area (Å²) in [6, 6.07) is 7.80. The summed E-state index contributed by atoms with van der Waals surface area (Å²) in [5.41, 5.74) is 4.12. The minimum Gasteiger partial charge on any atom is -0.372 e. The van der Waals surface area contributed by atoms with Crippen molar-refractivity contribution in [1.82, 2.24) is 9.97 Å². The molecule has 6 nitrogen and oxygen atoms in total. The summed E-state index contributed by atoms with van der Waals surface area (Å²) in [6.45, 7) is 13.0. The lowest BCUT2D eigenvalue weighted by Crippen LogP contribution is -2.22. The normalized spacial score (nSPS) is 10.6. The number of carbonyl (C=O) groups is 1. The summed E-state index contributed by atoms with van der Waals surface area (Å²) in [7, 11) is 0. The van der Waals surface area contributed by atoms with Crippen LogP contribution in [-0.4, -0.2) is 35.5 Å². The van der Waals surface area contributed by atoms with Crippen molar-refractivity contribution >= 4 is 23.2 Å². The Balaban J connectivity index is 2.15. The van der Waals surface area contributed by atoms with Gasteiger partial charge in [0.2, 0.25) is 5.95 Å². The number of benzene rings is 1. The summed E-state index contributed by atoms with van der Waals surface area (Å²) in [5, 5.41) is 6.16. The number of hydrogen-bond donors (Lipinski definition) is 2. The molecule has 2 rings (SSSR count). The molecule has 1 amide bonds. The Morgan fingerprint density at radius 3 is 2.44 bits per heavy atom. The summed E-state index contributed by atoms with van der Waals surface area (Å²) >= 11 is 0. The molecule has 0 aliphatic heterocycles. The summed E-state index contributed by atoms with van der Waals surface area (Å²) < 4.78 is 0. The second-order valence-electron chi connectivity index (χ2n) is 6.62. The summed E-state index contributed by atoms with van der Waals surface area (Å²) in [4.78, 5) is 23.7. The Labute approximate surface area is 162 Å². The smallest absolute Gasteiger partial charge is 0.274 e. The van der Waals surface area contributed by atoms with E-state index < -0.39 is 0 Å². The maximum atomic E-state index is 12.7. The number of aryl methyl sites for hydroxylation is 2. The monoisotopic (exact) mass is 369 g/mol. The quantitative estimate of drug-likeness (QED) is 0.641. The number of hydrogen-bond acceptors (Lipinski definition) is 5. The highest BCUT2D eigenvalue weighted by Crippen LogP contribution is 2.23. The number of nitrogens with zero attached hydrogens (tertiary/aromatic N) is 3. The third-order valence-electron chi connectivity index (χ3n) is 4.49. The van der Waals surface area contributed by atoms with E-state index in [4.69, 9.17) is 0 Å². The molecule has 0 atom stereocenters. The molecule has 0 fully saturated rings. The fourth-order valence-corrected chi connectivity index (χ4v) is 2.90. The largest absolute Gasteiger partial charge is 0.372 e. The molecule has 0 saturated heterocycles. The Kier molecular flexibility index (Phi) is 7.58. The van der Waals surface area contributed by atoms with Crippen molar-refractivity contribution in [3.63, 3.8) is 0 Å². The second kappa shape index (κ2) is 9.90. The van der Waals surface area contributed by atoms with Crippen molar-refractivity contribution in [2.45, 2.75) is 47.5 Å². The molecule has 0 aliphatic rings. The predicted molar refractivity (Wildman–Crippen MR) is 113 cm³/mol. The molecule has 2 aromatic rings. The van der Waals surface area contributed by atoms with Crippen molar-refractivity contribution in [2.24, 2.45) is 0 Å². The van der Waals surface area contributed by atoms with Crippen LogP contribution < -0.4 is 15.5 Å². The third-order valence-corrected chi connectivity index (χ3v) is 4.49. The van der Waals surface area contributed by atoms with Gasteiger partial charge in [-0.3, -0.25) is 4.79 Å². The minimum absolute atomic E-state index is 0.224. The molecular weight excluding hydrogens is 338 g/mol. The molecule has 0 radical (unpaired) electrons. The van der Waals surface area contributed by atoms with Gasteiger partial charge in [0.25, 0.3) is 5.91 Å². The van der Waals surface area contributed by atoms with Gasteiger partial charge in [-0.2, -0.15) is 0 Å². The van der Waals surface area contributed by atoms with E-state index >= 15 is 0 Å². The maximum Gasteiger partial charge on any atom is 0.274 e. The molecule has 6 heteroatoms. The van der Waals surface area contributed by atoms with Gasteiger partial charge in [-0.1, -0.05) is 13.3 Å². The molecule has 0 bridgehead atoms. The van der Waals surface area contributed by atoms with E-state index in [9.17, 15) is 4.79 Å². The van der Waals surface area contributed by atoms with Crippen molar-refractivity contribution in [1.29, 1.82) is 0 Å². The van der Waals surface area contributed by atoms with Crippen LogP contribution in [0.5, 0.6) is 0 Å². The van der Waals surface area contributed by atoms with Gasteiger partial charge in [0, 0.05) is 36.7 Å². The number of aromatic nitrogens is 2. The minimum atomic E-state index is -0.224. The van der Waals surface area contributed by atoms with Crippen LogP contribution in [-0.2, 0) is 0 Å². The Morgan fingerprint density at radius 2 is 1.81 bits per heavy atom. The van der Waals surface area contributed by atoms with Crippen molar-refractivity contribution in [2.75, 3.05) is 35.2 Å². The van der Waals surface area contributed by atoms with Gasteiger partial charge in [-0.15, -0.1) is 0 Å². The average molecular weight is 370 g/mol. The van der Waals surface area contributed by atoms with Crippen LogP contribution in [0.3, 0.4) is 0 Å². The van der Waals surface area contributed by atoms with Crippen LogP contribution >= 0.6 is 0 Å². The number of nitrogens with one attached hydrogen (secondary N) is 2. The average Bonchev–Trinajstić information content (AvgIpc) is 2.64. The van der Waals surface area contributed by atoms with Crippen LogP contribution in [0.25, 0.3) is 0 Å². The van der Waals surface area contributed by atoms with Crippen molar-refractivity contribution in [3.05, 3.63) is 41.2 Å². The van der Waals surface area contributed by atoms with E-state index in [0.717, 1.165) is 55.1 Å². The van der Waals surface area contributed by atoms with Crippen LogP contribution in [0.15, 0.2) is 24.3 Å². The van der Waals surface area contributed by atoms with E-state index in [1.54, 1.807) is 6.07 Å². The summed E-state index contributed by atoms with van der Waals surface area (Å²) in [5.74, 6) is 0.278. The van der Waals surface area contributed by atoms with Gasteiger partial charge in [0.15, 0.2) is 0 Å². The zero-order chi connectivity index (χ0) is 19.8. The van der Waals surface area contributed by atoms with Crippen LogP contribution in [0.2, 0.25) is 0 Å². The molecule has 1 aromatic heterocycles. The lowest BCUT2D eigenvalue weighted by Gasteiger charge is -2.22. The van der Waals surface area contributed by atoms with E-state index in [-0.39, 0.29) is 5.91 Å². The predicted octanol–water partition coefficient (Wildman–Crippen LogP) is 4.40. The van der Waals surface area contributed by atoms with Gasteiger partial charge in [0.1, 0.15) is 5.69 Å². The first-order valence-corrected chi connectivity index (χ1v) is 9.74. The first-order valence-electron chi connectivity index (χ1n) is 9.74. The maximum absolute atomic E-state index is 12.7. The van der Waals surface area contributed by atoms with Gasteiger partial charge < -0.3 is 15.5 Å². The fraction of sp³-hybridized carbons (Fsp3) is 0.476. The van der Waals surface area contributed by atoms with Gasteiger partial charge in [-0.05, 0) is 63.9 Å². The van der Waals surface area contributed by atoms with Crippen LogP contribution in [0, 0.1) is 13.8 Å². The van der Waals surface area contributed by atoms with Crippen molar-refractivity contribution < 1.29 is 4.79 Å². The van der Waals surface area contributed by atoms with E-state index in [1.165, 1.54) is 0 Å². The highest BCUT2D eigenvalue weighted by atomic mass is 16.1. The molecule has 1 heterocycles. The zero-order valence-corrected chi connectivity index (χ0v) is 17.1. The highest BCUT2D eigenvalue weighted by molar-refractivity contribution is 6.03. The lowest BCUT2D eigenvalue weighted by molar-refractivity contribution is 0.102. The number of carbonyl (C=O) groups excluding carboxylic acids is 1. The topological polar surface area (TPSA) is 70.2 Å². The molecular formula is C21H31N5O. The van der Waals surface area contributed by atoms with Gasteiger partial charge >= 0.3 is 0 Å². The first-order chi connectivity index (χ1) is 13.0. The SMILES string of the molecule is CCCCNc1nc(C)cc(C(=O)Nc2ccc(N(CC)CC)cc2C)n1. The van der Waals surface area contributed by atoms with Crippen LogP contribution in [0.1, 0.15) is 55.4 Å². The van der Waals surface area contributed by atoms with Gasteiger partial charge in [-0.25, -0.2) is 9.97 Å². The Bertz CT molecular complexity index is 771. The fourth-order valence-electron chi connectivity index (χ4n) is 2.90. The number of amides is 1. The molecule has 146 valence electrons. The second-order valence-corrected chi connectivity index (χ2v) is 6.62. The van der Waals surface area contributed by atoms with Crippen LogP contribution in [0.4, 0.5) is 17.3 Å². The molecule has 0 spiro atoms. The van der Waals surface area contributed by atoms with Crippen molar-refractivity contribution in [3.8, 4) is 0 Å². The Hall–Kier alpha value is -2.63. The zero-order valence-electron chi connectivity index (χ0n) is 17.1. The lowest BCUT2D eigenvalue weighted by atomic mass is 10.1. The molecule has 1 aromatic carbocycles. The number of anilines is 3. The number of rotatable bonds is 9. The molecule has 0 saturated carbocycles. The molecule has 27 heavy (non-hydrogen) atoms.